The maximum Gasteiger partial charge on any atom is 0.334 e. The Bertz CT molecular complexity index is 541. The molecule has 1 aliphatic heterocycles. The summed E-state index contributed by atoms with van der Waals surface area (Å²) < 4.78 is 11.3. The van der Waals surface area contributed by atoms with Gasteiger partial charge < -0.3 is 9.47 Å². The number of rotatable bonds is 2. The first-order valence-electron chi connectivity index (χ1n) is 9.15. The molecule has 3 heteroatoms. The molecule has 2 bridgehead atoms. The summed E-state index contributed by atoms with van der Waals surface area (Å²) in [4.78, 5) is 12.1. The van der Waals surface area contributed by atoms with Crippen molar-refractivity contribution in [2.75, 3.05) is 7.11 Å². The van der Waals surface area contributed by atoms with E-state index in [-0.39, 0.29) is 17.7 Å². The predicted molar refractivity (Wildman–Crippen MR) is 97.7 cm³/mol. The van der Waals surface area contributed by atoms with Crippen molar-refractivity contribution in [2.24, 2.45) is 11.8 Å². The molecule has 0 fully saturated rings. The summed E-state index contributed by atoms with van der Waals surface area (Å²) in [6.07, 6.45) is 13.2. The minimum absolute atomic E-state index is 0.0893. The molecule has 3 atom stereocenters. The van der Waals surface area contributed by atoms with Gasteiger partial charge in [0.2, 0.25) is 0 Å². The van der Waals surface area contributed by atoms with Crippen LogP contribution in [0.2, 0.25) is 0 Å². The first-order valence-corrected chi connectivity index (χ1v) is 9.15. The Morgan fingerprint density at radius 1 is 1.38 bits per heavy atom. The van der Waals surface area contributed by atoms with Crippen LogP contribution in [0.25, 0.3) is 0 Å². The van der Waals surface area contributed by atoms with Crippen LogP contribution in [0.15, 0.2) is 35.5 Å². The molecule has 0 radical (unpaired) electrons. The van der Waals surface area contributed by atoms with E-state index in [1.165, 1.54) is 5.57 Å². The number of ether oxygens (including phenoxy) is 2. The third kappa shape index (κ3) is 5.07. The second kappa shape index (κ2) is 8.15. The Kier molecular flexibility index (Phi) is 6.45. The van der Waals surface area contributed by atoms with E-state index in [1.54, 1.807) is 7.11 Å². The minimum Gasteiger partial charge on any atom is -0.454 e. The number of hydrogen-bond acceptors (Lipinski definition) is 3. The lowest BCUT2D eigenvalue weighted by atomic mass is 9.86. The van der Waals surface area contributed by atoms with E-state index >= 15 is 0 Å². The van der Waals surface area contributed by atoms with E-state index < -0.39 is 0 Å². The van der Waals surface area contributed by atoms with E-state index in [4.69, 9.17) is 9.47 Å². The van der Waals surface area contributed by atoms with Crippen molar-refractivity contribution < 1.29 is 14.3 Å². The van der Waals surface area contributed by atoms with E-state index in [1.807, 2.05) is 6.08 Å². The molecule has 2 rings (SSSR count). The lowest BCUT2D eigenvalue weighted by Crippen LogP contribution is -2.24. The zero-order chi connectivity index (χ0) is 17.7. The molecule has 0 aromatic heterocycles. The highest BCUT2D eigenvalue weighted by atomic mass is 16.5. The Morgan fingerprint density at radius 2 is 2.12 bits per heavy atom. The highest BCUT2D eigenvalue weighted by Gasteiger charge is 2.27. The van der Waals surface area contributed by atoms with Crippen LogP contribution < -0.4 is 0 Å². The zero-order valence-electron chi connectivity index (χ0n) is 15.8. The summed E-state index contributed by atoms with van der Waals surface area (Å²) in [6, 6.07) is 0. The molecule has 2 aliphatic rings. The summed E-state index contributed by atoms with van der Waals surface area (Å²) in [6.45, 7) is 8.73. The molecule has 0 aromatic carbocycles. The molecule has 0 spiro atoms. The molecule has 0 amide bonds. The second-order valence-electron chi connectivity index (χ2n) is 7.75. The van der Waals surface area contributed by atoms with Crippen molar-refractivity contribution in [1.29, 1.82) is 0 Å². The molecule has 3 nitrogen and oxygen atoms in total. The second-order valence-corrected chi connectivity index (χ2v) is 7.75. The number of methoxy groups -OCH3 is 1. The maximum atomic E-state index is 12.1. The van der Waals surface area contributed by atoms with Crippen LogP contribution in [0.3, 0.4) is 0 Å². The Morgan fingerprint density at radius 3 is 2.79 bits per heavy atom. The monoisotopic (exact) mass is 332 g/mol. The predicted octanol–water partition coefficient (Wildman–Crippen LogP) is 4.98. The smallest absolute Gasteiger partial charge is 0.334 e. The normalized spacial score (nSPS) is 35.7. The van der Waals surface area contributed by atoms with Gasteiger partial charge in [-0.05, 0) is 57.4 Å². The maximum absolute atomic E-state index is 12.1. The molecular formula is C21H32O3. The lowest BCUT2D eigenvalue weighted by molar-refractivity contribution is -0.139. The molecule has 0 saturated carbocycles. The van der Waals surface area contributed by atoms with Crippen molar-refractivity contribution >= 4 is 5.97 Å². The molecule has 134 valence electrons. The lowest BCUT2D eigenvalue weighted by Gasteiger charge is -2.26. The number of carbonyl (C=O) groups is 1. The van der Waals surface area contributed by atoms with Gasteiger partial charge >= 0.3 is 5.97 Å². The molecule has 0 unspecified atom stereocenters. The molecule has 1 aliphatic carbocycles. The quantitative estimate of drug-likeness (QED) is 0.528. The number of carbonyl (C=O) groups excluding carboxylic acids is 1. The average molecular weight is 332 g/mol. The number of esters is 1. The SMILES string of the molecule is CO[C@@]1(C)/C=C\[C@@H](C(C)C)CCC2=C[C@H](C/C(C)=C\CC1)OC2=O. The van der Waals surface area contributed by atoms with Crippen LogP contribution in [-0.2, 0) is 14.3 Å². The first kappa shape index (κ1) is 19.0. The van der Waals surface area contributed by atoms with Crippen LogP contribution >= 0.6 is 0 Å². The Hall–Kier alpha value is -1.35. The summed E-state index contributed by atoms with van der Waals surface area (Å²) >= 11 is 0. The highest BCUT2D eigenvalue weighted by Crippen LogP contribution is 2.29. The van der Waals surface area contributed by atoms with Crippen molar-refractivity contribution in [3.05, 3.63) is 35.5 Å². The van der Waals surface area contributed by atoms with Gasteiger partial charge in [-0.2, -0.15) is 0 Å². The van der Waals surface area contributed by atoms with Crippen molar-refractivity contribution in [3.63, 3.8) is 0 Å². The highest BCUT2D eigenvalue weighted by molar-refractivity contribution is 5.90. The molecule has 0 N–H and O–H groups in total. The van der Waals surface area contributed by atoms with Gasteiger partial charge in [-0.3, -0.25) is 0 Å². The van der Waals surface area contributed by atoms with Gasteiger partial charge in [0.05, 0.1) is 5.60 Å². The van der Waals surface area contributed by atoms with Crippen LogP contribution in [0, 0.1) is 11.8 Å². The largest absolute Gasteiger partial charge is 0.454 e. The van der Waals surface area contributed by atoms with Gasteiger partial charge in [0, 0.05) is 19.1 Å². The fourth-order valence-electron chi connectivity index (χ4n) is 3.39. The third-order valence-corrected chi connectivity index (χ3v) is 5.33. The van der Waals surface area contributed by atoms with Crippen molar-refractivity contribution in [3.8, 4) is 0 Å². The third-order valence-electron chi connectivity index (χ3n) is 5.33. The fraction of sp³-hybridized carbons (Fsp3) is 0.667. The summed E-state index contributed by atoms with van der Waals surface area (Å²) in [5, 5.41) is 0. The summed E-state index contributed by atoms with van der Waals surface area (Å²) in [7, 11) is 1.78. The summed E-state index contributed by atoms with van der Waals surface area (Å²) in [5.41, 5.74) is 1.88. The topological polar surface area (TPSA) is 35.5 Å². The number of fused-ring (bicyclic) bond motifs is 1. The number of allylic oxidation sites excluding steroid dienone is 2. The molecule has 0 saturated heterocycles. The standard InChI is InChI=1S/C21H32O3/c1-15(2)17-8-9-18-14-19(24-20(18)22)13-16(3)7-6-11-21(4,23-5)12-10-17/h7,10,12,14-15,17,19H,6,8-9,11,13H2,1-5H3/b12-10-,16-7-/t17-,19-,21+/m0/s1. The van der Waals surface area contributed by atoms with Gasteiger partial charge in [-0.15, -0.1) is 0 Å². The van der Waals surface area contributed by atoms with E-state index in [0.29, 0.717) is 11.8 Å². The number of hydrogen-bond donors (Lipinski definition) is 0. The zero-order valence-corrected chi connectivity index (χ0v) is 15.8. The molecule has 24 heavy (non-hydrogen) atoms. The van der Waals surface area contributed by atoms with Gasteiger partial charge in [-0.25, -0.2) is 4.79 Å². The average Bonchev–Trinajstić information content (AvgIpc) is 2.85. The van der Waals surface area contributed by atoms with Crippen molar-refractivity contribution in [2.45, 2.75) is 71.5 Å². The van der Waals surface area contributed by atoms with Gasteiger partial charge in [0.1, 0.15) is 6.10 Å². The van der Waals surface area contributed by atoms with E-state index in [9.17, 15) is 4.79 Å². The van der Waals surface area contributed by atoms with E-state index in [0.717, 1.165) is 37.7 Å². The van der Waals surface area contributed by atoms with Crippen LogP contribution in [0.1, 0.15) is 59.8 Å². The van der Waals surface area contributed by atoms with Crippen LogP contribution in [0.5, 0.6) is 0 Å². The van der Waals surface area contributed by atoms with Crippen molar-refractivity contribution in [1.82, 2.24) is 0 Å². The van der Waals surface area contributed by atoms with Gasteiger partial charge in [-0.1, -0.05) is 37.6 Å². The van der Waals surface area contributed by atoms with Gasteiger partial charge in [0.15, 0.2) is 0 Å². The first-order chi connectivity index (χ1) is 11.3. The van der Waals surface area contributed by atoms with Crippen LogP contribution in [0.4, 0.5) is 0 Å². The molecular weight excluding hydrogens is 300 g/mol. The summed E-state index contributed by atoms with van der Waals surface area (Å²) in [5.74, 6) is 0.842. The van der Waals surface area contributed by atoms with E-state index in [2.05, 4.69) is 45.9 Å². The van der Waals surface area contributed by atoms with Gasteiger partial charge in [0.25, 0.3) is 0 Å². The Balaban J connectivity index is 2.24. The minimum atomic E-state index is -0.237. The molecule has 1 heterocycles. The van der Waals surface area contributed by atoms with Crippen LogP contribution in [-0.4, -0.2) is 24.8 Å². The Labute approximate surface area is 146 Å². The molecule has 0 aromatic rings. The fourth-order valence-corrected chi connectivity index (χ4v) is 3.39.